The van der Waals surface area contributed by atoms with Crippen molar-refractivity contribution in [2.24, 2.45) is 0 Å². The second-order valence-corrected chi connectivity index (χ2v) is 6.10. The number of halogens is 1. The number of nitrogens with one attached hydrogen (secondary N) is 1. The summed E-state index contributed by atoms with van der Waals surface area (Å²) in [7, 11) is 0. The van der Waals surface area contributed by atoms with Crippen LogP contribution in [0.3, 0.4) is 0 Å². The summed E-state index contributed by atoms with van der Waals surface area (Å²) in [5, 5.41) is 3.25. The zero-order chi connectivity index (χ0) is 13.8. The molecule has 1 N–H and O–H groups in total. The van der Waals surface area contributed by atoms with Gasteiger partial charge in [0.1, 0.15) is 10.8 Å². The van der Waals surface area contributed by atoms with Crippen molar-refractivity contribution in [1.82, 2.24) is 15.4 Å². The minimum absolute atomic E-state index is 0.188. The quantitative estimate of drug-likeness (QED) is 0.935. The molecule has 1 aliphatic rings. The molecule has 0 atom stereocenters. The van der Waals surface area contributed by atoms with Gasteiger partial charge in [0.05, 0.1) is 11.4 Å². The molecule has 3 rings (SSSR count). The van der Waals surface area contributed by atoms with Crippen LogP contribution >= 0.6 is 11.3 Å². The van der Waals surface area contributed by atoms with E-state index in [4.69, 9.17) is 0 Å². The maximum absolute atomic E-state index is 13.7. The van der Waals surface area contributed by atoms with Gasteiger partial charge in [-0.15, -0.1) is 11.3 Å². The number of piperidine rings is 1. The van der Waals surface area contributed by atoms with Crippen LogP contribution in [-0.4, -0.2) is 23.1 Å². The molecular formula is C15H18FN3S. The van der Waals surface area contributed by atoms with E-state index in [1.54, 1.807) is 29.7 Å². The van der Waals surface area contributed by atoms with E-state index in [1.165, 1.54) is 25.3 Å². The average Bonchev–Trinajstić information content (AvgIpc) is 2.95. The Morgan fingerprint density at radius 2 is 2.00 bits per heavy atom. The van der Waals surface area contributed by atoms with Gasteiger partial charge >= 0.3 is 0 Å². The van der Waals surface area contributed by atoms with Crippen LogP contribution in [-0.2, 0) is 6.54 Å². The van der Waals surface area contributed by atoms with E-state index in [0.29, 0.717) is 5.56 Å². The number of thiazole rings is 1. The zero-order valence-electron chi connectivity index (χ0n) is 11.3. The molecule has 3 nitrogen and oxygen atoms in total. The molecule has 1 saturated heterocycles. The van der Waals surface area contributed by atoms with Gasteiger partial charge in [-0.1, -0.05) is 24.6 Å². The molecular weight excluding hydrogens is 273 g/mol. The summed E-state index contributed by atoms with van der Waals surface area (Å²) in [5.74, 6) is -0.188. The molecule has 106 valence electrons. The van der Waals surface area contributed by atoms with Crippen molar-refractivity contribution in [3.63, 3.8) is 0 Å². The predicted molar refractivity (Wildman–Crippen MR) is 79.8 cm³/mol. The lowest BCUT2D eigenvalue weighted by Crippen LogP contribution is -2.41. The summed E-state index contributed by atoms with van der Waals surface area (Å²) >= 11 is 1.55. The van der Waals surface area contributed by atoms with Crippen molar-refractivity contribution in [2.45, 2.75) is 25.8 Å². The topological polar surface area (TPSA) is 28.2 Å². The van der Waals surface area contributed by atoms with Gasteiger partial charge in [-0.25, -0.2) is 19.8 Å². The standard InChI is InChI=1S/C15H18FN3S/c16-13-7-3-2-6-12(13)14-10-17-15(20-14)11-18-19-8-4-1-5-9-19/h2-3,6-7,10,18H,1,4-5,8-9,11H2. The Balaban J connectivity index is 1.63. The summed E-state index contributed by atoms with van der Waals surface area (Å²) in [6.07, 6.45) is 5.60. The summed E-state index contributed by atoms with van der Waals surface area (Å²) in [6.45, 7) is 2.93. The molecule has 0 bridgehead atoms. The highest BCUT2D eigenvalue weighted by atomic mass is 32.1. The van der Waals surface area contributed by atoms with Gasteiger partial charge in [-0.2, -0.15) is 0 Å². The highest BCUT2D eigenvalue weighted by Gasteiger charge is 2.11. The van der Waals surface area contributed by atoms with Gasteiger partial charge < -0.3 is 0 Å². The highest BCUT2D eigenvalue weighted by Crippen LogP contribution is 2.28. The molecule has 0 unspecified atom stereocenters. The third-order valence-corrected chi connectivity index (χ3v) is 4.53. The van der Waals surface area contributed by atoms with Gasteiger partial charge in [0, 0.05) is 24.8 Å². The Morgan fingerprint density at radius 1 is 1.20 bits per heavy atom. The van der Waals surface area contributed by atoms with Crippen molar-refractivity contribution in [3.05, 3.63) is 41.3 Å². The molecule has 2 heterocycles. The van der Waals surface area contributed by atoms with E-state index in [1.807, 2.05) is 6.07 Å². The van der Waals surface area contributed by atoms with Gasteiger partial charge in [0.25, 0.3) is 0 Å². The fourth-order valence-electron chi connectivity index (χ4n) is 2.41. The second-order valence-electron chi connectivity index (χ2n) is 4.98. The predicted octanol–water partition coefficient (Wildman–Crippen LogP) is 3.44. The lowest BCUT2D eigenvalue weighted by molar-refractivity contribution is 0.151. The van der Waals surface area contributed by atoms with Crippen LogP contribution in [0, 0.1) is 5.82 Å². The van der Waals surface area contributed by atoms with E-state index < -0.39 is 0 Å². The first kappa shape index (κ1) is 13.7. The SMILES string of the molecule is Fc1ccccc1-c1cnc(CNN2CCCCC2)s1. The molecule has 0 radical (unpaired) electrons. The molecule has 1 aromatic carbocycles. The number of rotatable bonds is 4. The van der Waals surface area contributed by atoms with Crippen molar-refractivity contribution in [2.75, 3.05) is 13.1 Å². The summed E-state index contributed by atoms with van der Waals surface area (Å²) in [6, 6.07) is 6.84. The first-order valence-corrected chi connectivity index (χ1v) is 7.82. The van der Waals surface area contributed by atoms with Crippen LogP contribution in [0.5, 0.6) is 0 Å². The molecule has 0 aliphatic carbocycles. The summed E-state index contributed by atoms with van der Waals surface area (Å²) in [5.41, 5.74) is 4.04. The molecule has 0 amide bonds. The lowest BCUT2D eigenvalue weighted by atomic mass is 10.2. The third-order valence-electron chi connectivity index (χ3n) is 3.50. The maximum atomic E-state index is 13.7. The summed E-state index contributed by atoms with van der Waals surface area (Å²) < 4.78 is 13.7. The van der Waals surface area contributed by atoms with Crippen molar-refractivity contribution >= 4 is 11.3 Å². The molecule has 1 aliphatic heterocycles. The molecule has 1 aromatic heterocycles. The van der Waals surface area contributed by atoms with E-state index in [2.05, 4.69) is 15.4 Å². The number of benzene rings is 1. The molecule has 5 heteroatoms. The zero-order valence-corrected chi connectivity index (χ0v) is 12.1. The fraction of sp³-hybridized carbons (Fsp3) is 0.400. The Morgan fingerprint density at radius 3 is 2.80 bits per heavy atom. The Hall–Kier alpha value is -1.30. The minimum Gasteiger partial charge on any atom is -0.248 e. The number of nitrogens with zero attached hydrogens (tertiary/aromatic N) is 2. The van der Waals surface area contributed by atoms with Crippen LogP contribution in [0.2, 0.25) is 0 Å². The van der Waals surface area contributed by atoms with Crippen molar-refractivity contribution < 1.29 is 4.39 Å². The molecule has 0 saturated carbocycles. The summed E-state index contributed by atoms with van der Waals surface area (Å²) in [4.78, 5) is 5.27. The fourth-order valence-corrected chi connectivity index (χ4v) is 3.29. The van der Waals surface area contributed by atoms with E-state index in [-0.39, 0.29) is 5.82 Å². The Labute approximate surface area is 122 Å². The molecule has 1 fully saturated rings. The monoisotopic (exact) mass is 291 g/mol. The van der Waals surface area contributed by atoms with Crippen LogP contribution < -0.4 is 5.43 Å². The molecule has 0 spiro atoms. The highest BCUT2D eigenvalue weighted by molar-refractivity contribution is 7.15. The number of hydrogen-bond acceptors (Lipinski definition) is 4. The van der Waals surface area contributed by atoms with Crippen molar-refractivity contribution in [3.8, 4) is 10.4 Å². The van der Waals surface area contributed by atoms with Gasteiger partial charge in [-0.3, -0.25) is 0 Å². The lowest BCUT2D eigenvalue weighted by Gasteiger charge is -2.26. The average molecular weight is 291 g/mol. The van der Waals surface area contributed by atoms with Crippen LogP contribution in [0.25, 0.3) is 10.4 Å². The van der Waals surface area contributed by atoms with Crippen LogP contribution in [0.4, 0.5) is 4.39 Å². The van der Waals surface area contributed by atoms with Crippen LogP contribution in [0.1, 0.15) is 24.3 Å². The Kier molecular flexibility index (Phi) is 4.40. The normalized spacial score (nSPS) is 16.4. The first-order chi connectivity index (χ1) is 9.83. The minimum atomic E-state index is -0.188. The van der Waals surface area contributed by atoms with Crippen LogP contribution in [0.15, 0.2) is 30.5 Å². The molecule has 2 aromatic rings. The van der Waals surface area contributed by atoms with Gasteiger partial charge in [0.15, 0.2) is 0 Å². The number of aromatic nitrogens is 1. The molecule has 20 heavy (non-hydrogen) atoms. The van der Waals surface area contributed by atoms with Crippen molar-refractivity contribution in [1.29, 1.82) is 0 Å². The number of hydrazine groups is 1. The maximum Gasteiger partial charge on any atom is 0.131 e. The van der Waals surface area contributed by atoms with Gasteiger partial charge in [0.2, 0.25) is 0 Å². The third kappa shape index (κ3) is 3.23. The van der Waals surface area contributed by atoms with E-state index in [9.17, 15) is 4.39 Å². The van der Waals surface area contributed by atoms with E-state index in [0.717, 1.165) is 29.5 Å². The Bertz CT molecular complexity index is 564. The van der Waals surface area contributed by atoms with E-state index >= 15 is 0 Å². The smallest absolute Gasteiger partial charge is 0.131 e. The largest absolute Gasteiger partial charge is 0.248 e. The number of hydrogen-bond donors (Lipinski definition) is 1. The van der Waals surface area contributed by atoms with Gasteiger partial charge in [-0.05, 0) is 18.9 Å². The first-order valence-electron chi connectivity index (χ1n) is 7.01. The second kappa shape index (κ2) is 6.43.